The van der Waals surface area contributed by atoms with Crippen molar-refractivity contribution >= 4 is 32.7 Å². The summed E-state index contributed by atoms with van der Waals surface area (Å²) in [6.45, 7) is 5.88. The smallest absolute Gasteiger partial charge is 0.291 e. The van der Waals surface area contributed by atoms with Crippen molar-refractivity contribution in [3.63, 3.8) is 0 Å². The molecule has 0 unspecified atom stereocenters. The molecular formula is C24H30F2N8O2S2. The van der Waals surface area contributed by atoms with Crippen LogP contribution in [0.3, 0.4) is 0 Å². The lowest BCUT2D eigenvalue weighted by atomic mass is 9.88. The number of aromatic nitrogens is 4. The molecule has 3 aromatic rings. The van der Waals surface area contributed by atoms with Crippen LogP contribution in [-0.2, 0) is 10.0 Å². The number of rotatable bonds is 7. The summed E-state index contributed by atoms with van der Waals surface area (Å²) in [5, 5.41) is 16.4. The molecular weight excluding hydrogens is 534 g/mol. The molecule has 0 radical (unpaired) electrons. The molecule has 0 aromatic carbocycles. The van der Waals surface area contributed by atoms with Crippen LogP contribution in [0.1, 0.15) is 55.7 Å². The van der Waals surface area contributed by atoms with Gasteiger partial charge < -0.3 is 15.1 Å². The van der Waals surface area contributed by atoms with Crippen LogP contribution in [0.2, 0.25) is 0 Å². The Kier molecular flexibility index (Phi) is 5.45. The van der Waals surface area contributed by atoms with E-state index < -0.39 is 22.0 Å². The number of anilines is 1. The predicted octanol–water partition coefficient (Wildman–Crippen LogP) is 2.59. The van der Waals surface area contributed by atoms with Gasteiger partial charge in [0, 0.05) is 50.2 Å². The largest absolute Gasteiger partial charge is 0.353 e. The zero-order valence-corrected chi connectivity index (χ0v) is 22.9. The number of piperazine rings is 1. The third-order valence-electron chi connectivity index (χ3n) is 8.06. The number of fused-ring (bicyclic) bond motifs is 1. The summed E-state index contributed by atoms with van der Waals surface area (Å²) in [6.07, 6.45) is 0.752. The molecule has 2 aliphatic heterocycles. The van der Waals surface area contributed by atoms with Crippen molar-refractivity contribution in [2.24, 2.45) is 0 Å². The maximum atomic E-state index is 13.6. The fraction of sp³-hybridized carbons (Fsp3) is 0.625. The molecule has 10 nitrogen and oxygen atoms in total. The van der Waals surface area contributed by atoms with E-state index in [2.05, 4.69) is 37.1 Å². The maximum Gasteiger partial charge on any atom is 0.291 e. The van der Waals surface area contributed by atoms with Crippen LogP contribution in [0.15, 0.2) is 17.0 Å². The average Bonchev–Trinajstić information content (AvgIpc) is 3.72. The Labute approximate surface area is 223 Å². The first-order chi connectivity index (χ1) is 18.0. The molecule has 2 aliphatic carbocycles. The lowest BCUT2D eigenvalue weighted by Crippen LogP contribution is -2.75. The van der Waals surface area contributed by atoms with E-state index in [9.17, 15) is 17.2 Å². The van der Waals surface area contributed by atoms with Crippen LogP contribution in [0, 0.1) is 0 Å². The lowest BCUT2D eigenvalue weighted by Gasteiger charge is -2.54. The van der Waals surface area contributed by atoms with E-state index in [-0.39, 0.29) is 21.4 Å². The van der Waals surface area contributed by atoms with Crippen LogP contribution in [0.25, 0.3) is 16.1 Å². The number of hydrogen-bond acceptors (Lipinski definition) is 9. The van der Waals surface area contributed by atoms with Crippen LogP contribution in [0.4, 0.5) is 14.6 Å². The monoisotopic (exact) mass is 564 g/mol. The van der Waals surface area contributed by atoms with E-state index in [4.69, 9.17) is 5.10 Å². The summed E-state index contributed by atoms with van der Waals surface area (Å²) >= 11 is 0.841. The Morgan fingerprint density at radius 2 is 1.95 bits per heavy atom. The third kappa shape index (κ3) is 4.21. The summed E-state index contributed by atoms with van der Waals surface area (Å²) in [5.41, 5.74) is 1.44. The third-order valence-corrected chi connectivity index (χ3v) is 10.6. The highest BCUT2D eigenvalue weighted by molar-refractivity contribution is 7.89. The molecule has 4 fully saturated rings. The van der Waals surface area contributed by atoms with Crippen LogP contribution < -0.4 is 14.9 Å². The van der Waals surface area contributed by atoms with Gasteiger partial charge in [0.15, 0.2) is 10.0 Å². The van der Waals surface area contributed by atoms with Crippen molar-refractivity contribution in [3.05, 3.63) is 22.8 Å². The van der Waals surface area contributed by atoms with Gasteiger partial charge in [0.1, 0.15) is 5.82 Å². The molecule has 2 saturated carbocycles. The molecule has 4 aliphatic rings. The fourth-order valence-corrected chi connectivity index (χ4v) is 8.07. The second-order valence-electron chi connectivity index (χ2n) is 11.6. The number of likely N-dealkylation sites (N-methyl/N-ethyl adjacent to an activating group) is 1. The van der Waals surface area contributed by atoms with Gasteiger partial charge in [0.05, 0.1) is 27.2 Å². The minimum absolute atomic E-state index is 0.0609. The molecule has 5 heterocycles. The summed E-state index contributed by atoms with van der Waals surface area (Å²) < 4.78 is 58.7. The lowest BCUT2D eigenvalue weighted by molar-refractivity contribution is 0.0617. The highest BCUT2D eigenvalue weighted by atomic mass is 32.2. The molecule has 0 atom stereocenters. The molecule has 3 aromatic heterocycles. The van der Waals surface area contributed by atoms with E-state index in [1.807, 2.05) is 6.92 Å². The zero-order valence-electron chi connectivity index (χ0n) is 21.2. The number of nitrogens with zero attached hydrogens (tertiary/aromatic N) is 6. The molecule has 7 rings (SSSR count). The number of sulfonamides is 1. The normalized spacial score (nSPS) is 22.9. The van der Waals surface area contributed by atoms with E-state index >= 15 is 0 Å². The summed E-state index contributed by atoms with van der Waals surface area (Å²) in [6, 6.07) is 3.32. The van der Waals surface area contributed by atoms with Crippen molar-refractivity contribution in [1.82, 2.24) is 34.8 Å². The molecule has 1 spiro atoms. The van der Waals surface area contributed by atoms with Crippen molar-refractivity contribution in [1.29, 1.82) is 0 Å². The Balaban J connectivity index is 1.41. The minimum atomic E-state index is -3.83. The molecule has 14 heteroatoms. The van der Waals surface area contributed by atoms with Crippen LogP contribution in [0.5, 0.6) is 0 Å². The van der Waals surface area contributed by atoms with E-state index in [0.29, 0.717) is 35.0 Å². The van der Waals surface area contributed by atoms with Gasteiger partial charge in [-0.25, -0.2) is 26.4 Å². The summed E-state index contributed by atoms with van der Waals surface area (Å²) in [7, 11) is -1.75. The van der Waals surface area contributed by atoms with Gasteiger partial charge in [-0.05, 0) is 45.7 Å². The quantitative estimate of drug-likeness (QED) is 0.451. The molecule has 2 N–H and O–H groups in total. The highest BCUT2D eigenvalue weighted by Gasteiger charge is 2.45. The minimum Gasteiger partial charge on any atom is -0.353 e. The van der Waals surface area contributed by atoms with Crippen molar-refractivity contribution in [3.8, 4) is 10.6 Å². The predicted molar refractivity (Wildman–Crippen MR) is 139 cm³/mol. The number of likely N-dealkylation sites (tertiary alicyclic amines) is 1. The summed E-state index contributed by atoms with van der Waals surface area (Å²) in [5.74, 6) is 0.876. The van der Waals surface area contributed by atoms with E-state index in [1.165, 1.54) is 0 Å². The first-order valence-corrected chi connectivity index (χ1v) is 15.3. The second-order valence-corrected chi connectivity index (χ2v) is 14.3. The Morgan fingerprint density at radius 1 is 1.18 bits per heavy atom. The Hall–Kier alpha value is -2.26. The first-order valence-electron chi connectivity index (χ1n) is 13.0. The SMILES string of the molecule is CN1CC2(C1)CN(c1cc(S(=O)(=O)NC3(C)CC3)cc3c(-c4nnc(C(F)F)s4)c(C4CC4)nn13)CCN2. The Morgan fingerprint density at radius 3 is 2.58 bits per heavy atom. The summed E-state index contributed by atoms with van der Waals surface area (Å²) in [4.78, 5) is 4.60. The molecule has 38 heavy (non-hydrogen) atoms. The highest BCUT2D eigenvalue weighted by Crippen LogP contribution is 2.47. The standard InChI is InChI=1S/C24H30F2N8O2S2/c1-23(5-6-23)31-38(35,36)15-9-16-18(21-28-29-22(37-21)20(25)26)19(14-3-4-14)30-34(16)17(10-15)33-8-7-27-24(13-33)11-32(2)12-24/h9-10,14,20,27,31H,3-8,11-13H2,1-2H3. The van der Waals surface area contributed by atoms with Gasteiger partial charge in [-0.15, -0.1) is 10.2 Å². The van der Waals surface area contributed by atoms with Gasteiger partial charge in [0.25, 0.3) is 6.43 Å². The zero-order chi connectivity index (χ0) is 26.4. The van der Waals surface area contributed by atoms with Gasteiger partial charge in [0.2, 0.25) is 10.0 Å². The average molecular weight is 565 g/mol. The fourth-order valence-electron chi connectivity index (χ4n) is 5.81. The van der Waals surface area contributed by atoms with Crippen LogP contribution >= 0.6 is 11.3 Å². The van der Waals surface area contributed by atoms with Gasteiger partial charge in [-0.1, -0.05) is 11.3 Å². The number of alkyl halides is 2. The number of nitrogens with one attached hydrogen (secondary N) is 2. The molecule has 0 amide bonds. The number of hydrogen-bond donors (Lipinski definition) is 2. The van der Waals surface area contributed by atoms with Gasteiger partial charge in [-0.2, -0.15) is 5.10 Å². The van der Waals surface area contributed by atoms with Gasteiger partial charge in [-0.3, -0.25) is 0 Å². The van der Waals surface area contributed by atoms with E-state index in [0.717, 1.165) is 62.3 Å². The van der Waals surface area contributed by atoms with E-state index in [1.54, 1.807) is 16.6 Å². The Bertz CT molecular complexity index is 1520. The number of pyridine rings is 1. The molecule has 204 valence electrons. The van der Waals surface area contributed by atoms with Crippen molar-refractivity contribution in [2.45, 2.75) is 60.9 Å². The topological polar surface area (TPSA) is 108 Å². The van der Waals surface area contributed by atoms with Crippen LogP contribution in [-0.4, -0.2) is 84.0 Å². The molecule has 2 saturated heterocycles. The molecule has 0 bridgehead atoms. The van der Waals surface area contributed by atoms with Crippen molar-refractivity contribution < 1.29 is 17.2 Å². The van der Waals surface area contributed by atoms with Gasteiger partial charge >= 0.3 is 0 Å². The maximum absolute atomic E-state index is 13.6. The van der Waals surface area contributed by atoms with Crippen molar-refractivity contribution in [2.75, 3.05) is 44.7 Å². The first kappa shape index (κ1) is 24.8. The number of halogens is 2. The second kappa shape index (κ2) is 8.37.